The van der Waals surface area contributed by atoms with Crippen LogP contribution in [-0.2, 0) is 0 Å². The maximum atomic E-state index is 12.2. The Bertz CT molecular complexity index is 998. The van der Waals surface area contributed by atoms with Crippen LogP contribution in [0.25, 0.3) is 11.3 Å². The number of carbonyl (C=O) groups excluding carboxylic acids is 2. The van der Waals surface area contributed by atoms with Crippen molar-refractivity contribution in [1.82, 2.24) is 15.0 Å². The Balaban J connectivity index is 1.63. The second-order valence-electron chi connectivity index (χ2n) is 5.45. The molecule has 3 heterocycles. The van der Waals surface area contributed by atoms with Crippen LogP contribution >= 0.6 is 11.3 Å². The van der Waals surface area contributed by atoms with Gasteiger partial charge in [0.2, 0.25) is 5.88 Å². The summed E-state index contributed by atoms with van der Waals surface area (Å²) in [5.41, 5.74) is 6.67. The van der Waals surface area contributed by atoms with Crippen LogP contribution in [0.1, 0.15) is 20.8 Å². The fourth-order valence-electron chi connectivity index (χ4n) is 2.07. The van der Waals surface area contributed by atoms with Gasteiger partial charge in [0.25, 0.3) is 11.8 Å². The SMILES string of the molecule is NC(=O)c1cc(-c2csc(NC(=O)c3ccc(OCC(F)(F)F)nc3)n2)c[nH]1. The number of halogens is 3. The number of rotatable bonds is 6. The number of thiazole rings is 1. The highest BCUT2D eigenvalue weighted by Gasteiger charge is 2.28. The summed E-state index contributed by atoms with van der Waals surface area (Å²) in [5.74, 6) is -1.39. The highest BCUT2D eigenvalue weighted by atomic mass is 32.1. The summed E-state index contributed by atoms with van der Waals surface area (Å²) in [7, 11) is 0. The average Bonchev–Trinajstić information content (AvgIpc) is 3.29. The third-order valence-electron chi connectivity index (χ3n) is 3.35. The molecule has 0 saturated heterocycles. The van der Waals surface area contributed by atoms with Crippen LogP contribution in [0.15, 0.2) is 36.0 Å². The summed E-state index contributed by atoms with van der Waals surface area (Å²) in [4.78, 5) is 33.9. The first kappa shape index (κ1) is 19.4. The summed E-state index contributed by atoms with van der Waals surface area (Å²) in [6, 6.07) is 3.99. The van der Waals surface area contributed by atoms with Crippen molar-refractivity contribution in [2.45, 2.75) is 6.18 Å². The van der Waals surface area contributed by atoms with Crippen molar-refractivity contribution in [1.29, 1.82) is 0 Å². The Morgan fingerprint density at radius 3 is 2.71 bits per heavy atom. The van der Waals surface area contributed by atoms with Crippen LogP contribution < -0.4 is 15.8 Å². The molecule has 0 spiro atoms. The van der Waals surface area contributed by atoms with Crippen LogP contribution in [0.3, 0.4) is 0 Å². The van der Waals surface area contributed by atoms with Gasteiger partial charge in [-0.2, -0.15) is 13.2 Å². The van der Waals surface area contributed by atoms with E-state index in [1.807, 2.05) is 0 Å². The van der Waals surface area contributed by atoms with Gasteiger partial charge in [-0.15, -0.1) is 11.3 Å². The molecule has 28 heavy (non-hydrogen) atoms. The van der Waals surface area contributed by atoms with Gasteiger partial charge < -0.3 is 15.5 Å². The lowest BCUT2D eigenvalue weighted by Crippen LogP contribution is -2.19. The van der Waals surface area contributed by atoms with Crippen molar-refractivity contribution in [2.75, 3.05) is 11.9 Å². The van der Waals surface area contributed by atoms with E-state index in [0.29, 0.717) is 16.4 Å². The number of pyridine rings is 1. The molecule has 0 fully saturated rings. The number of aromatic nitrogens is 3. The van der Waals surface area contributed by atoms with Crippen molar-refractivity contribution in [2.24, 2.45) is 5.73 Å². The molecule has 0 aliphatic heterocycles. The van der Waals surface area contributed by atoms with E-state index in [9.17, 15) is 22.8 Å². The average molecular weight is 411 g/mol. The Labute approximate surface area is 159 Å². The maximum absolute atomic E-state index is 12.2. The van der Waals surface area contributed by atoms with Gasteiger partial charge in [0, 0.05) is 29.4 Å². The second-order valence-corrected chi connectivity index (χ2v) is 6.31. The van der Waals surface area contributed by atoms with Gasteiger partial charge in [-0.1, -0.05) is 0 Å². The number of nitrogens with two attached hydrogens (primary N) is 1. The number of aromatic amines is 1. The van der Waals surface area contributed by atoms with Crippen LogP contribution in [0.5, 0.6) is 5.88 Å². The van der Waals surface area contributed by atoms with Gasteiger partial charge in [-0.05, 0) is 12.1 Å². The number of carbonyl (C=O) groups is 2. The maximum Gasteiger partial charge on any atom is 0.422 e. The largest absolute Gasteiger partial charge is 0.468 e. The predicted octanol–water partition coefficient (Wildman–Crippen LogP) is 2.83. The quantitative estimate of drug-likeness (QED) is 0.576. The lowest BCUT2D eigenvalue weighted by atomic mass is 10.2. The monoisotopic (exact) mass is 411 g/mol. The summed E-state index contributed by atoms with van der Waals surface area (Å²) in [6.07, 6.45) is -1.82. The molecule has 3 rings (SSSR count). The number of hydrogen-bond donors (Lipinski definition) is 3. The first-order valence-corrected chi connectivity index (χ1v) is 8.50. The molecular formula is C16H12F3N5O3S. The van der Waals surface area contributed by atoms with E-state index < -0.39 is 24.6 Å². The Kier molecular flexibility index (Phi) is 5.31. The lowest BCUT2D eigenvalue weighted by Gasteiger charge is -2.08. The van der Waals surface area contributed by atoms with Crippen LogP contribution in [0.4, 0.5) is 18.3 Å². The minimum absolute atomic E-state index is 0.119. The standard InChI is InChI=1S/C16H12F3N5O3S/c17-16(18,19)7-27-12-2-1-8(4-22-12)14(26)24-15-23-11(6-28-15)9-3-10(13(20)25)21-5-9/h1-6,21H,7H2,(H2,20,25)(H,23,24,26). The van der Waals surface area contributed by atoms with Gasteiger partial charge in [0.1, 0.15) is 5.69 Å². The fourth-order valence-corrected chi connectivity index (χ4v) is 2.79. The van der Waals surface area contributed by atoms with Crippen molar-refractivity contribution < 1.29 is 27.5 Å². The highest BCUT2D eigenvalue weighted by molar-refractivity contribution is 7.14. The topological polar surface area (TPSA) is 123 Å². The van der Waals surface area contributed by atoms with Crippen molar-refractivity contribution in [3.05, 3.63) is 47.2 Å². The molecule has 0 aromatic carbocycles. The van der Waals surface area contributed by atoms with E-state index >= 15 is 0 Å². The van der Waals surface area contributed by atoms with Gasteiger partial charge in [0.15, 0.2) is 11.7 Å². The fraction of sp³-hybridized carbons (Fsp3) is 0.125. The minimum Gasteiger partial charge on any atom is -0.468 e. The molecule has 3 aromatic rings. The number of nitrogens with one attached hydrogen (secondary N) is 2. The number of alkyl halides is 3. The van der Waals surface area contributed by atoms with E-state index in [-0.39, 0.29) is 17.1 Å². The molecule has 0 atom stereocenters. The smallest absolute Gasteiger partial charge is 0.422 e. The molecule has 0 bridgehead atoms. The number of primary amides is 1. The van der Waals surface area contributed by atoms with E-state index in [2.05, 4.69) is 25.0 Å². The van der Waals surface area contributed by atoms with E-state index in [0.717, 1.165) is 17.5 Å². The number of amides is 2. The zero-order valence-electron chi connectivity index (χ0n) is 13.9. The van der Waals surface area contributed by atoms with Crippen molar-refractivity contribution in [3.63, 3.8) is 0 Å². The summed E-state index contributed by atoms with van der Waals surface area (Å²) in [5, 5.41) is 4.53. The molecular weight excluding hydrogens is 399 g/mol. The lowest BCUT2D eigenvalue weighted by molar-refractivity contribution is -0.154. The van der Waals surface area contributed by atoms with Gasteiger partial charge >= 0.3 is 6.18 Å². The summed E-state index contributed by atoms with van der Waals surface area (Å²) >= 11 is 1.16. The molecule has 0 saturated carbocycles. The Morgan fingerprint density at radius 2 is 2.11 bits per heavy atom. The van der Waals surface area contributed by atoms with E-state index in [1.165, 1.54) is 18.2 Å². The Hall–Kier alpha value is -3.41. The first-order chi connectivity index (χ1) is 13.2. The molecule has 2 amide bonds. The minimum atomic E-state index is -4.47. The number of anilines is 1. The van der Waals surface area contributed by atoms with E-state index in [1.54, 1.807) is 11.6 Å². The molecule has 4 N–H and O–H groups in total. The molecule has 0 unspecified atom stereocenters. The number of H-pyrrole nitrogens is 1. The van der Waals surface area contributed by atoms with Gasteiger partial charge in [0.05, 0.1) is 11.3 Å². The highest BCUT2D eigenvalue weighted by Crippen LogP contribution is 2.26. The zero-order valence-corrected chi connectivity index (χ0v) is 14.7. The zero-order chi connectivity index (χ0) is 20.3. The van der Waals surface area contributed by atoms with Crippen LogP contribution in [0, 0.1) is 0 Å². The van der Waals surface area contributed by atoms with E-state index in [4.69, 9.17) is 5.73 Å². The normalized spacial score (nSPS) is 11.2. The number of nitrogens with zero attached hydrogens (tertiary/aromatic N) is 2. The summed E-state index contributed by atoms with van der Waals surface area (Å²) < 4.78 is 40.8. The molecule has 8 nitrogen and oxygen atoms in total. The number of ether oxygens (including phenoxy) is 1. The van der Waals surface area contributed by atoms with Crippen molar-refractivity contribution in [3.8, 4) is 17.1 Å². The van der Waals surface area contributed by atoms with Crippen molar-refractivity contribution >= 4 is 28.3 Å². The molecule has 0 aliphatic rings. The Morgan fingerprint density at radius 1 is 1.32 bits per heavy atom. The van der Waals surface area contributed by atoms with Gasteiger partial charge in [-0.3, -0.25) is 14.9 Å². The molecule has 146 valence electrons. The van der Waals surface area contributed by atoms with Gasteiger partial charge in [-0.25, -0.2) is 9.97 Å². The summed E-state index contributed by atoms with van der Waals surface area (Å²) in [6.45, 7) is -1.47. The first-order valence-electron chi connectivity index (χ1n) is 7.62. The molecule has 0 radical (unpaired) electrons. The molecule has 12 heteroatoms. The third-order valence-corrected chi connectivity index (χ3v) is 4.11. The van der Waals surface area contributed by atoms with Crippen LogP contribution in [-0.4, -0.2) is 39.5 Å². The number of hydrogen-bond acceptors (Lipinski definition) is 6. The molecule has 3 aromatic heterocycles. The second kappa shape index (κ2) is 7.68. The van der Waals surface area contributed by atoms with Crippen LogP contribution in [0.2, 0.25) is 0 Å². The third kappa shape index (κ3) is 4.85. The molecule has 0 aliphatic carbocycles. The predicted molar refractivity (Wildman–Crippen MR) is 94.2 cm³/mol.